The minimum atomic E-state index is 0.0283. The van der Waals surface area contributed by atoms with Gasteiger partial charge < -0.3 is 0 Å². The first-order chi connectivity index (χ1) is 13.2. The summed E-state index contributed by atoms with van der Waals surface area (Å²) in [6.45, 7) is 0. The second-order valence-corrected chi connectivity index (χ2v) is 7.75. The number of benzene rings is 3. The van der Waals surface area contributed by atoms with Crippen LogP contribution in [0.25, 0.3) is 5.69 Å². The lowest BCUT2D eigenvalue weighted by Crippen LogP contribution is -2.02. The van der Waals surface area contributed by atoms with Gasteiger partial charge in [-0.1, -0.05) is 77.4 Å². The molecular formula is C20H14Cl2N4S. The number of aromatic nitrogens is 4. The van der Waals surface area contributed by atoms with Crippen molar-refractivity contribution >= 4 is 35.0 Å². The highest BCUT2D eigenvalue weighted by atomic mass is 35.5. The Morgan fingerprint density at radius 3 is 2.00 bits per heavy atom. The molecule has 1 aromatic heterocycles. The zero-order chi connectivity index (χ0) is 18.6. The van der Waals surface area contributed by atoms with Gasteiger partial charge in [-0.25, -0.2) is 0 Å². The molecule has 4 nitrogen and oxygen atoms in total. The average molecular weight is 413 g/mol. The molecule has 0 spiro atoms. The number of nitrogens with zero attached hydrogens (tertiary/aromatic N) is 4. The zero-order valence-corrected chi connectivity index (χ0v) is 16.4. The lowest BCUT2D eigenvalue weighted by molar-refractivity contribution is 0.755. The molecule has 0 saturated carbocycles. The molecule has 4 rings (SSSR count). The zero-order valence-electron chi connectivity index (χ0n) is 14.0. The fourth-order valence-electron chi connectivity index (χ4n) is 2.70. The standard InChI is InChI=1S/C20H14Cl2N4S/c21-16-8-6-15(7-9-16)19(14-4-2-1-3-5-14)27-20-23-24-25-26(20)18-12-10-17(22)11-13-18/h1-13,19H/t19-/m1/s1. The molecule has 0 fully saturated rings. The van der Waals surface area contributed by atoms with Gasteiger partial charge in [0.05, 0.1) is 10.9 Å². The fourth-order valence-corrected chi connectivity index (χ4v) is 4.07. The van der Waals surface area contributed by atoms with E-state index in [9.17, 15) is 0 Å². The number of hydrogen-bond acceptors (Lipinski definition) is 4. The summed E-state index contributed by atoms with van der Waals surface area (Å²) in [5.41, 5.74) is 3.14. The highest BCUT2D eigenvalue weighted by Crippen LogP contribution is 2.40. The third-order valence-corrected chi connectivity index (χ3v) is 5.76. The predicted molar refractivity (Wildman–Crippen MR) is 110 cm³/mol. The maximum atomic E-state index is 6.07. The maximum Gasteiger partial charge on any atom is 0.215 e. The first-order valence-electron chi connectivity index (χ1n) is 8.22. The Hall–Kier alpha value is -2.34. The van der Waals surface area contributed by atoms with Crippen LogP contribution in [0.5, 0.6) is 0 Å². The molecule has 1 atom stereocenters. The van der Waals surface area contributed by atoms with E-state index in [1.807, 2.05) is 66.7 Å². The van der Waals surface area contributed by atoms with E-state index in [1.54, 1.807) is 16.4 Å². The van der Waals surface area contributed by atoms with Crippen LogP contribution in [0.3, 0.4) is 0 Å². The Kier molecular flexibility index (Phi) is 5.43. The summed E-state index contributed by atoms with van der Waals surface area (Å²) >= 11 is 13.6. The summed E-state index contributed by atoms with van der Waals surface area (Å²) in [5, 5.41) is 14.3. The van der Waals surface area contributed by atoms with Gasteiger partial charge in [-0.3, -0.25) is 0 Å². The van der Waals surface area contributed by atoms with Gasteiger partial charge in [0, 0.05) is 10.0 Å². The van der Waals surface area contributed by atoms with Crippen LogP contribution in [-0.2, 0) is 0 Å². The summed E-state index contributed by atoms with van der Waals surface area (Å²) in [7, 11) is 0. The van der Waals surface area contributed by atoms with Crippen LogP contribution in [0.1, 0.15) is 16.4 Å². The first-order valence-corrected chi connectivity index (χ1v) is 9.85. The van der Waals surface area contributed by atoms with Crippen LogP contribution in [-0.4, -0.2) is 20.2 Å². The molecule has 0 aliphatic heterocycles. The molecular weight excluding hydrogens is 399 g/mol. The highest BCUT2D eigenvalue weighted by Gasteiger charge is 2.20. The molecule has 0 bridgehead atoms. The van der Waals surface area contributed by atoms with Crippen LogP contribution >= 0.6 is 35.0 Å². The lowest BCUT2D eigenvalue weighted by Gasteiger charge is -2.17. The molecule has 27 heavy (non-hydrogen) atoms. The van der Waals surface area contributed by atoms with Gasteiger partial charge in [0.2, 0.25) is 5.16 Å². The summed E-state index contributed by atoms with van der Waals surface area (Å²) < 4.78 is 1.72. The van der Waals surface area contributed by atoms with Crippen molar-refractivity contribution in [2.24, 2.45) is 0 Å². The Balaban J connectivity index is 1.72. The Morgan fingerprint density at radius 2 is 1.33 bits per heavy atom. The first kappa shape index (κ1) is 18.0. The number of tetrazole rings is 1. The summed E-state index contributed by atoms with van der Waals surface area (Å²) in [5.74, 6) is 0. The lowest BCUT2D eigenvalue weighted by atomic mass is 10.0. The third-order valence-electron chi connectivity index (χ3n) is 4.01. The second-order valence-electron chi connectivity index (χ2n) is 5.81. The quantitative estimate of drug-likeness (QED) is 0.385. The average Bonchev–Trinajstić information content (AvgIpc) is 3.16. The Morgan fingerprint density at radius 1 is 0.741 bits per heavy atom. The van der Waals surface area contributed by atoms with Crippen molar-refractivity contribution < 1.29 is 0 Å². The summed E-state index contributed by atoms with van der Waals surface area (Å²) in [6.07, 6.45) is 0. The van der Waals surface area contributed by atoms with Crippen molar-refractivity contribution in [3.05, 3.63) is 100 Å². The Bertz CT molecular complexity index is 1020. The van der Waals surface area contributed by atoms with Crippen molar-refractivity contribution in [2.75, 3.05) is 0 Å². The van der Waals surface area contributed by atoms with E-state index in [4.69, 9.17) is 23.2 Å². The number of halogens is 2. The smallest absolute Gasteiger partial charge is 0.187 e. The van der Waals surface area contributed by atoms with Crippen molar-refractivity contribution in [1.82, 2.24) is 20.2 Å². The molecule has 0 unspecified atom stereocenters. The second kappa shape index (κ2) is 8.13. The van der Waals surface area contributed by atoms with E-state index in [0.29, 0.717) is 15.2 Å². The van der Waals surface area contributed by atoms with E-state index in [-0.39, 0.29) is 5.25 Å². The van der Waals surface area contributed by atoms with Crippen LogP contribution in [0, 0.1) is 0 Å². The monoisotopic (exact) mass is 412 g/mol. The SMILES string of the molecule is Clc1ccc([C@H](Sc2nnnn2-c2ccc(Cl)cc2)c2ccccc2)cc1. The third kappa shape index (κ3) is 4.16. The van der Waals surface area contributed by atoms with Gasteiger partial charge >= 0.3 is 0 Å². The van der Waals surface area contributed by atoms with E-state index >= 15 is 0 Å². The van der Waals surface area contributed by atoms with Gasteiger partial charge in [-0.2, -0.15) is 4.68 Å². The minimum absolute atomic E-state index is 0.0283. The van der Waals surface area contributed by atoms with Gasteiger partial charge in [0.15, 0.2) is 0 Å². The summed E-state index contributed by atoms with van der Waals surface area (Å²) in [4.78, 5) is 0. The van der Waals surface area contributed by atoms with Crippen molar-refractivity contribution in [2.45, 2.75) is 10.4 Å². The normalized spacial score (nSPS) is 12.1. The number of thioether (sulfide) groups is 1. The molecule has 0 saturated heterocycles. The molecule has 134 valence electrons. The van der Waals surface area contributed by atoms with E-state index < -0.39 is 0 Å². The largest absolute Gasteiger partial charge is 0.215 e. The predicted octanol–water partition coefficient (Wildman–Crippen LogP) is 5.85. The van der Waals surface area contributed by atoms with Gasteiger partial charge in [-0.15, -0.1) is 5.10 Å². The van der Waals surface area contributed by atoms with Gasteiger partial charge in [0.1, 0.15) is 0 Å². The molecule has 0 N–H and O–H groups in total. The molecule has 0 aliphatic carbocycles. The van der Waals surface area contributed by atoms with E-state index in [0.717, 1.165) is 16.8 Å². The van der Waals surface area contributed by atoms with Crippen LogP contribution in [0.15, 0.2) is 84.0 Å². The van der Waals surface area contributed by atoms with Crippen LogP contribution in [0.4, 0.5) is 0 Å². The molecule has 0 radical (unpaired) electrons. The van der Waals surface area contributed by atoms with Crippen LogP contribution in [0.2, 0.25) is 10.0 Å². The van der Waals surface area contributed by atoms with Crippen molar-refractivity contribution in [1.29, 1.82) is 0 Å². The molecule has 4 aromatic rings. The Labute approximate surface area is 171 Å². The van der Waals surface area contributed by atoms with Crippen molar-refractivity contribution in [3.63, 3.8) is 0 Å². The molecule has 0 amide bonds. The van der Waals surface area contributed by atoms with Gasteiger partial charge in [-0.05, 0) is 58.0 Å². The van der Waals surface area contributed by atoms with Crippen molar-refractivity contribution in [3.8, 4) is 5.69 Å². The van der Waals surface area contributed by atoms with E-state index in [2.05, 4.69) is 27.7 Å². The molecule has 0 aliphatic rings. The minimum Gasteiger partial charge on any atom is -0.187 e. The van der Waals surface area contributed by atoms with Gasteiger partial charge in [0.25, 0.3) is 0 Å². The number of rotatable bonds is 5. The maximum absolute atomic E-state index is 6.07. The summed E-state index contributed by atoms with van der Waals surface area (Å²) in [6, 6.07) is 25.5. The fraction of sp³-hybridized carbons (Fsp3) is 0.0500. The highest BCUT2D eigenvalue weighted by molar-refractivity contribution is 7.99. The topological polar surface area (TPSA) is 43.6 Å². The molecule has 3 aromatic carbocycles. The number of hydrogen-bond donors (Lipinski definition) is 0. The van der Waals surface area contributed by atoms with Crippen LogP contribution < -0.4 is 0 Å². The van der Waals surface area contributed by atoms with E-state index in [1.165, 1.54) is 0 Å². The molecule has 1 heterocycles. The molecule has 7 heteroatoms.